The van der Waals surface area contributed by atoms with Crippen LogP contribution in [-0.4, -0.2) is 57.2 Å². The molecule has 0 saturated carbocycles. The normalized spacial score (nSPS) is 21.3. The zero-order chi connectivity index (χ0) is 18.0. The fourth-order valence-corrected chi connectivity index (χ4v) is 3.53. The molecule has 4 heterocycles. The summed E-state index contributed by atoms with van der Waals surface area (Å²) in [5.41, 5.74) is 1.37. The first-order chi connectivity index (χ1) is 12.6. The van der Waals surface area contributed by atoms with E-state index in [1.165, 1.54) is 0 Å². The predicted molar refractivity (Wildman–Crippen MR) is 93.6 cm³/mol. The van der Waals surface area contributed by atoms with E-state index < -0.39 is 0 Å². The number of rotatable bonds is 4. The van der Waals surface area contributed by atoms with Crippen molar-refractivity contribution >= 4 is 5.91 Å². The van der Waals surface area contributed by atoms with Crippen molar-refractivity contribution in [2.24, 2.45) is 0 Å². The monoisotopic (exact) mass is 354 g/mol. The number of amides is 1. The highest BCUT2D eigenvalue weighted by Gasteiger charge is 2.49. The lowest BCUT2D eigenvalue weighted by Crippen LogP contribution is -2.67. The lowest BCUT2D eigenvalue weighted by molar-refractivity contribution is -0.193. The molecule has 2 aliphatic heterocycles. The van der Waals surface area contributed by atoms with E-state index in [1.54, 1.807) is 12.4 Å². The topological polar surface area (TPSA) is 77.4 Å². The average molecular weight is 354 g/mol. The van der Waals surface area contributed by atoms with Gasteiger partial charge in [-0.05, 0) is 25.1 Å². The molecule has 0 bridgehead atoms. The van der Waals surface area contributed by atoms with Crippen LogP contribution in [0.5, 0.6) is 6.01 Å². The lowest BCUT2D eigenvalue weighted by atomic mass is 9.84. The largest absolute Gasteiger partial charge is 0.460 e. The number of ether oxygens (including phenoxy) is 2. The summed E-state index contributed by atoms with van der Waals surface area (Å²) in [4.78, 5) is 26.9. The van der Waals surface area contributed by atoms with Gasteiger partial charge in [0.2, 0.25) is 5.91 Å². The molecule has 2 fully saturated rings. The molecule has 2 aromatic heterocycles. The first-order valence-electron chi connectivity index (χ1n) is 8.90. The van der Waals surface area contributed by atoms with Gasteiger partial charge in [-0.25, -0.2) is 9.97 Å². The van der Waals surface area contributed by atoms with E-state index in [1.807, 2.05) is 36.1 Å². The van der Waals surface area contributed by atoms with Crippen molar-refractivity contribution in [2.75, 3.05) is 19.7 Å². The van der Waals surface area contributed by atoms with E-state index in [0.29, 0.717) is 32.1 Å². The molecule has 7 heteroatoms. The Hall–Kier alpha value is -2.54. The number of hydrogen-bond acceptors (Lipinski definition) is 6. The van der Waals surface area contributed by atoms with Crippen LogP contribution in [-0.2, 0) is 16.0 Å². The lowest BCUT2D eigenvalue weighted by Gasteiger charge is -2.52. The molecule has 7 nitrogen and oxygen atoms in total. The Labute approximate surface area is 152 Å². The third-order valence-electron chi connectivity index (χ3n) is 4.86. The molecule has 0 N–H and O–H groups in total. The van der Waals surface area contributed by atoms with Crippen molar-refractivity contribution in [3.05, 3.63) is 48.0 Å². The number of carbonyl (C=O) groups excluding carboxylic acids is 1. The Morgan fingerprint density at radius 3 is 2.96 bits per heavy atom. The maximum absolute atomic E-state index is 12.4. The summed E-state index contributed by atoms with van der Waals surface area (Å²) in [6.07, 6.45) is 5.30. The first-order valence-corrected chi connectivity index (χ1v) is 8.90. The van der Waals surface area contributed by atoms with E-state index in [0.717, 1.165) is 24.2 Å². The maximum atomic E-state index is 12.4. The quantitative estimate of drug-likeness (QED) is 0.829. The van der Waals surface area contributed by atoms with Gasteiger partial charge in [0.1, 0.15) is 11.7 Å². The molecular formula is C19H22N4O3. The summed E-state index contributed by atoms with van der Waals surface area (Å²) in [7, 11) is 0. The molecule has 136 valence electrons. The van der Waals surface area contributed by atoms with Crippen LogP contribution in [0.4, 0.5) is 0 Å². The number of carbonyl (C=O) groups is 1. The van der Waals surface area contributed by atoms with E-state index in [9.17, 15) is 4.79 Å². The standard InChI is InChI=1S/C19H22N4O3/c1-14-5-8-21-18(22-14)26-16-6-9-25-19(11-16)12-23(13-19)17(24)10-15-4-2-3-7-20-15/h2-5,7-8,16H,6,9-13H2,1H3. The zero-order valence-electron chi connectivity index (χ0n) is 14.8. The molecule has 2 aromatic rings. The number of nitrogens with zero attached hydrogens (tertiary/aromatic N) is 4. The van der Waals surface area contributed by atoms with Crippen LogP contribution < -0.4 is 4.74 Å². The van der Waals surface area contributed by atoms with Gasteiger partial charge in [0, 0.05) is 36.6 Å². The van der Waals surface area contributed by atoms with Crippen molar-refractivity contribution in [3.8, 4) is 6.01 Å². The van der Waals surface area contributed by atoms with Crippen LogP contribution in [0.25, 0.3) is 0 Å². The maximum Gasteiger partial charge on any atom is 0.316 e. The molecule has 1 unspecified atom stereocenters. The number of likely N-dealkylation sites (tertiary alicyclic amines) is 1. The summed E-state index contributed by atoms with van der Waals surface area (Å²) in [5, 5.41) is 0. The summed E-state index contributed by atoms with van der Waals surface area (Å²) >= 11 is 0. The molecule has 26 heavy (non-hydrogen) atoms. The number of aryl methyl sites for hydroxylation is 1. The Balaban J connectivity index is 1.32. The van der Waals surface area contributed by atoms with E-state index >= 15 is 0 Å². The third kappa shape index (κ3) is 3.67. The Morgan fingerprint density at radius 1 is 1.31 bits per heavy atom. The van der Waals surface area contributed by atoms with E-state index in [-0.39, 0.29) is 17.6 Å². The van der Waals surface area contributed by atoms with Gasteiger partial charge in [-0.1, -0.05) is 6.07 Å². The molecule has 0 radical (unpaired) electrons. The first kappa shape index (κ1) is 16.9. The molecular weight excluding hydrogens is 332 g/mol. The van der Waals surface area contributed by atoms with Crippen molar-refractivity contribution in [3.63, 3.8) is 0 Å². The SMILES string of the molecule is Cc1ccnc(OC2CCOC3(C2)CN(C(=O)Cc2ccccn2)C3)n1. The third-order valence-corrected chi connectivity index (χ3v) is 4.86. The Bertz CT molecular complexity index is 777. The van der Waals surface area contributed by atoms with Gasteiger partial charge < -0.3 is 14.4 Å². The summed E-state index contributed by atoms with van der Waals surface area (Å²) in [6.45, 7) is 3.75. The number of pyridine rings is 1. The van der Waals surface area contributed by atoms with E-state index in [4.69, 9.17) is 9.47 Å². The molecule has 2 saturated heterocycles. The van der Waals surface area contributed by atoms with Crippen molar-refractivity contribution in [2.45, 2.75) is 37.9 Å². The highest BCUT2D eigenvalue weighted by molar-refractivity contribution is 5.79. The minimum Gasteiger partial charge on any atom is -0.460 e. The van der Waals surface area contributed by atoms with Gasteiger partial charge in [-0.2, -0.15) is 0 Å². The molecule has 2 aliphatic rings. The second-order valence-electron chi connectivity index (χ2n) is 6.99. The van der Waals surface area contributed by atoms with Crippen LogP contribution in [0, 0.1) is 6.92 Å². The molecule has 0 aliphatic carbocycles. The van der Waals surface area contributed by atoms with Crippen LogP contribution in [0.1, 0.15) is 24.2 Å². The van der Waals surface area contributed by atoms with Gasteiger partial charge in [0.05, 0.1) is 26.1 Å². The van der Waals surface area contributed by atoms with Gasteiger partial charge in [-0.3, -0.25) is 9.78 Å². The predicted octanol–water partition coefficient (Wildman–Crippen LogP) is 1.56. The second kappa shape index (κ2) is 6.99. The van der Waals surface area contributed by atoms with Crippen molar-refractivity contribution < 1.29 is 14.3 Å². The average Bonchev–Trinajstić information content (AvgIpc) is 2.60. The minimum absolute atomic E-state index is 0.0126. The van der Waals surface area contributed by atoms with Crippen molar-refractivity contribution in [1.29, 1.82) is 0 Å². The second-order valence-corrected chi connectivity index (χ2v) is 6.99. The van der Waals surface area contributed by atoms with E-state index in [2.05, 4.69) is 15.0 Å². The number of hydrogen-bond donors (Lipinski definition) is 0. The van der Waals surface area contributed by atoms with Gasteiger partial charge in [0.15, 0.2) is 0 Å². The Morgan fingerprint density at radius 2 is 2.19 bits per heavy atom. The number of aromatic nitrogens is 3. The molecule has 0 aromatic carbocycles. The molecule has 1 spiro atoms. The van der Waals surface area contributed by atoms with Crippen LogP contribution in [0.15, 0.2) is 36.7 Å². The van der Waals surface area contributed by atoms with Crippen molar-refractivity contribution in [1.82, 2.24) is 19.9 Å². The van der Waals surface area contributed by atoms with Crippen LogP contribution in [0.3, 0.4) is 0 Å². The Kier molecular flexibility index (Phi) is 4.55. The fraction of sp³-hybridized carbons (Fsp3) is 0.474. The zero-order valence-corrected chi connectivity index (χ0v) is 14.8. The smallest absolute Gasteiger partial charge is 0.316 e. The van der Waals surface area contributed by atoms with Crippen LogP contribution in [0.2, 0.25) is 0 Å². The fourth-order valence-electron chi connectivity index (χ4n) is 3.53. The van der Waals surface area contributed by atoms with Gasteiger partial charge in [-0.15, -0.1) is 0 Å². The molecule has 1 atom stereocenters. The molecule has 1 amide bonds. The summed E-state index contributed by atoms with van der Waals surface area (Å²) < 4.78 is 11.9. The minimum atomic E-state index is -0.299. The highest BCUT2D eigenvalue weighted by Crippen LogP contribution is 2.35. The summed E-state index contributed by atoms with van der Waals surface area (Å²) in [6, 6.07) is 7.87. The van der Waals surface area contributed by atoms with Gasteiger partial charge in [0.25, 0.3) is 0 Å². The van der Waals surface area contributed by atoms with Gasteiger partial charge >= 0.3 is 6.01 Å². The summed E-state index contributed by atoms with van der Waals surface area (Å²) in [5.74, 6) is 0.0861. The highest BCUT2D eigenvalue weighted by atomic mass is 16.5. The molecule has 4 rings (SSSR count). The van der Waals surface area contributed by atoms with Crippen LogP contribution >= 0.6 is 0 Å².